The SMILES string of the molecule is O=C(CCN1C(=O)c2cccc([N+](=O)[O-])c2C1=O)NC1CCCCCC1. The maximum absolute atomic E-state index is 12.4. The minimum Gasteiger partial charge on any atom is -0.353 e. The molecule has 1 aliphatic carbocycles. The van der Waals surface area contributed by atoms with Crippen molar-refractivity contribution in [2.24, 2.45) is 0 Å². The second-order valence-electron chi connectivity index (χ2n) is 6.72. The van der Waals surface area contributed by atoms with E-state index in [-0.39, 0.29) is 41.7 Å². The normalized spacial score (nSPS) is 17.8. The van der Waals surface area contributed by atoms with E-state index in [1.54, 1.807) is 0 Å². The van der Waals surface area contributed by atoms with E-state index in [2.05, 4.69) is 5.32 Å². The number of nitro groups is 1. The molecular formula is C18H21N3O5. The van der Waals surface area contributed by atoms with Gasteiger partial charge < -0.3 is 5.32 Å². The number of carbonyl (C=O) groups is 3. The van der Waals surface area contributed by atoms with E-state index in [9.17, 15) is 24.5 Å². The summed E-state index contributed by atoms with van der Waals surface area (Å²) in [6, 6.07) is 4.12. The quantitative estimate of drug-likeness (QED) is 0.376. The minimum atomic E-state index is -0.709. The number of carbonyl (C=O) groups excluding carboxylic acids is 3. The van der Waals surface area contributed by atoms with Crippen molar-refractivity contribution in [1.82, 2.24) is 10.2 Å². The van der Waals surface area contributed by atoms with Crippen LogP contribution in [0.15, 0.2) is 18.2 Å². The lowest BCUT2D eigenvalue weighted by molar-refractivity contribution is -0.385. The van der Waals surface area contributed by atoms with Crippen molar-refractivity contribution in [1.29, 1.82) is 0 Å². The predicted molar refractivity (Wildman–Crippen MR) is 92.7 cm³/mol. The molecule has 3 amide bonds. The maximum atomic E-state index is 12.4. The molecule has 0 spiro atoms. The molecule has 1 fully saturated rings. The van der Waals surface area contributed by atoms with Crippen LogP contribution in [0.4, 0.5) is 5.69 Å². The Morgan fingerprint density at radius 2 is 1.85 bits per heavy atom. The second kappa shape index (κ2) is 7.63. The van der Waals surface area contributed by atoms with Crippen LogP contribution >= 0.6 is 0 Å². The van der Waals surface area contributed by atoms with Gasteiger partial charge in [-0.3, -0.25) is 29.4 Å². The molecule has 0 atom stereocenters. The van der Waals surface area contributed by atoms with Crippen molar-refractivity contribution in [2.45, 2.75) is 51.0 Å². The van der Waals surface area contributed by atoms with E-state index in [1.807, 2.05) is 0 Å². The Morgan fingerprint density at radius 3 is 2.50 bits per heavy atom. The van der Waals surface area contributed by atoms with Gasteiger partial charge in [0.2, 0.25) is 5.91 Å². The van der Waals surface area contributed by atoms with Gasteiger partial charge in [0.05, 0.1) is 10.5 Å². The van der Waals surface area contributed by atoms with Gasteiger partial charge in [0.15, 0.2) is 0 Å². The van der Waals surface area contributed by atoms with Gasteiger partial charge in [-0.1, -0.05) is 31.7 Å². The molecule has 0 saturated heterocycles. The Hall–Kier alpha value is -2.77. The number of nitro benzene ring substituents is 1. The first kappa shape index (κ1) is 18.0. The monoisotopic (exact) mass is 359 g/mol. The molecule has 1 saturated carbocycles. The molecule has 3 rings (SSSR count). The van der Waals surface area contributed by atoms with Gasteiger partial charge in [-0.15, -0.1) is 0 Å². The highest BCUT2D eigenvalue weighted by molar-refractivity contribution is 6.23. The fourth-order valence-corrected chi connectivity index (χ4v) is 3.61. The van der Waals surface area contributed by atoms with Crippen LogP contribution in [0.3, 0.4) is 0 Å². The zero-order valence-corrected chi connectivity index (χ0v) is 14.4. The summed E-state index contributed by atoms with van der Waals surface area (Å²) >= 11 is 0. The average molecular weight is 359 g/mol. The number of amides is 3. The third-order valence-corrected chi connectivity index (χ3v) is 4.96. The molecule has 0 aromatic heterocycles. The van der Waals surface area contributed by atoms with Crippen molar-refractivity contribution in [3.8, 4) is 0 Å². The molecule has 8 heteroatoms. The number of nitrogens with zero attached hydrogens (tertiary/aromatic N) is 2. The zero-order chi connectivity index (χ0) is 18.7. The molecular weight excluding hydrogens is 338 g/mol. The van der Waals surface area contributed by atoms with Crippen molar-refractivity contribution >= 4 is 23.4 Å². The minimum absolute atomic E-state index is 0.00420. The highest BCUT2D eigenvalue weighted by atomic mass is 16.6. The van der Waals surface area contributed by atoms with Gasteiger partial charge in [-0.05, 0) is 18.9 Å². The molecule has 26 heavy (non-hydrogen) atoms. The molecule has 1 aromatic carbocycles. The van der Waals surface area contributed by atoms with Gasteiger partial charge in [0.1, 0.15) is 5.56 Å². The second-order valence-corrected chi connectivity index (χ2v) is 6.72. The molecule has 1 N–H and O–H groups in total. The third kappa shape index (κ3) is 3.58. The number of fused-ring (bicyclic) bond motifs is 1. The number of hydrogen-bond acceptors (Lipinski definition) is 5. The molecule has 2 aliphatic rings. The summed E-state index contributed by atoms with van der Waals surface area (Å²) < 4.78 is 0. The summed E-state index contributed by atoms with van der Waals surface area (Å²) in [6.45, 7) is -0.0813. The van der Waals surface area contributed by atoms with Gasteiger partial charge in [-0.25, -0.2) is 0 Å². The molecule has 1 heterocycles. The number of hydrogen-bond donors (Lipinski definition) is 1. The largest absolute Gasteiger partial charge is 0.353 e. The average Bonchev–Trinajstić information content (AvgIpc) is 2.79. The molecule has 1 aliphatic heterocycles. The van der Waals surface area contributed by atoms with Gasteiger partial charge in [0.25, 0.3) is 17.5 Å². The summed E-state index contributed by atoms with van der Waals surface area (Å²) in [5.41, 5.74) is -0.550. The lowest BCUT2D eigenvalue weighted by Gasteiger charge is -2.18. The van der Waals surface area contributed by atoms with Crippen molar-refractivity contribution < 1.29 is 19.3 Å². The molecule has 138 valence electrons. The Morgan fingerprint density at radius 1 is 1.15 bits per heavy atom. The molecule has 0 radical (unpaired) electrons. The van der Waals surface area contributed by atoms with Crippen molar-refractivity contribution in [2.75, 3.05) is 6.54 Å². The van der Waals surface area contributed by atoms with Crippen LogP contribution in [-0.2, 0) is 4.79 Å². The van der Waals surface area contributed by atoms with E-state index in [0.29, 0.717) is 0 Å². The van der Waals surface area contributed by atoms with E-state index < -0.39 is 16.7 Å². The lowest BCUT2D eigenvalue weighted by atomic mass is 10.1. The van der Waals surface area contributed by atoms with Crippen LogP contribution in [0.2, 0.25) is 0 Å². The summed E-state index contributed by atoms with van der Waals surface area (Å²) in [5.74, 6) is -1.50. The summed E-state index contributed by atoms with van der Waals surface area (Å²) in [6.07, 6.45) is 6.44. The fraction of sp³-hybridized carbons (Fsp3) is 0.500. The number of rotatable bonds is 5. The maximum Gasteiger partial charge on any atom is 0.282 e. The Bertz CT molecular complexity index is 753. The van der Waals surface area contributed by atoms with E-state index >= 15 is 0 Å². The smallest absolute Gasteiger partial charge is 0.282 e. The van der Waals surface area contributed by atoms with Gasteiger partial charge in [0, 0.05) is 25.1 Å². The van der Waals surface area contributed by atoms with Crippen LogP contribution in [0.25, 0.3) is 0 Å². The molecule has 0 bridgehead atoms. The van der Waals surface area contributed by atoms with Crippen LogP contribution in [0, 0.1) is 10.1 Å². The first-order chi connectivity index (χ1) is 12.5. The molecule has 1 aromatic rings. The van der Waals surface area contributed by atoms with Crippen molar-refractivity contribution in [3.63, 3.8) is 0 Å². The predicted octanol–water partition coefficient (Wildman–Crippen LogP) is 2.42. The summed E-state index contributed by atoms with van der Waals surface area (Å²) in [5, 5.41) is 14.1. The van der Waals surface area contributed by atoms with E-state index in [0.717, 1.165) is 30.6 Å². The first-order valence-corrected chi connectivity index (χ1v) is 8.92. The number of nitrogens with one attached hydrogen (secondary N) is 1. The van der Waals surface area contributed by atoms with Gasteiger partial charge >= 0.3 is 0 Å². The highest BCUT2D eigenvalue weighted by Crippen LogP contribution is 2.30. The van der Waals surface area contributed by atoms with E-state index in [4.69, 9.17) is 0 Å². The topological polar surface area (TPSA) is 110 Å². The standard InChI is InChI=1S/C18H21N3O5/c22-15(19-12-6-3-1-2-4-7-12)10-11-20-17(23)13-8-5-9-14(21(25)26)16(13)18(20)24/h5,8-9,12H,1-4,6-7,10-11H2,(H,19,22). The van der Waals surface area contributed by atoms with Crippen LogP contribution in [-0.4, -0.2) is 40.1 Å². The molecule has 8 nitrogen and oxygen atoms in total. The first-order valence-electron chi connectivity index (χ1n) is 8.92. The van der Waals surface area contributed by atoms with Crippen LogP contribution in [0.1, 0.15) is 65.7 Å². The zero-order valence-electron chi connectivity index (χ0n) is 14.4. The van der Waals surface area contributed by atoms with E-state index in [1.165, 1.54) is 31.0 Å². The third-order valence-electron chi connectivity index (χ3n) is 4.96. The Balaban J connectivity index is 1.63. The molecule has 0 unspecified atom stereocenters. The van der Waals surface area contributed by atoms with Crippen LogP contribution in [0.5, 0.6) is 0 Å². The summed E-state index contributed by atoms with van der Waals surface area (Å²) in [7, 11) is 0. The number of benzene rings is 1. The number of imide groups is 1. The lowest BCUT2D eigenvalue weighted by Crippen LogP contribution is -2.38. The Kier molecular flexibility index (Phi) is 5.29. The Labute approximate surface area is 150 Å². The van der Waals surface area contributed by atoms with Gasteiger partial charge in [-0.2, -0.15) is 0 Å². The highest BCUT2D eigenvalue weighted by Gasteiger charge is 2.40. The van der Waals surface area contributed by atoms with Crippen LogP contribution < -0.4 is 5.32 Å². The van der Waals surface area contributed by atoms with Crippen molar-refractivity contribution in [3.05, 3.63) is 39.4 Å². The fourth-order valence-electron chi connectivity index (χ4n) is 3.61. The summed E-state index contributed by atoms with van der Waals surface area (Å²) in [4.78, 5) is 48.3.